The van der Waals surface area contributed by atoms with Gasteiger partial charge in [0.25, 0.3) is 0 Å². The van der Waals surface area contributed by atoms with Crippen LogP contribution in [0.15, 0.2) is 30.5 Å². The van der Waals surface area contributed by atoms with Crippen LogP contribution in [0, 0.1) is 6.92 Å². The van der Waals surface area contributed by atoms with E-state index in [1.54, 1.807) is 18.0 Å². The van der Waals surface area contributed by atoms with Gasteiger partial charge >= 0.3 is 0 Å². The summed E-state index contributed by atoms with van der Waals surface area (Å²) in [5.74, 6) is 0.583. The fourth-order valence-corrected chi connectivity index (χ4v) is 4.30. The highest BCUT2D eigenvalue weighted by Crippen LogP contribution is 2.27. The Labute approximate surface area is 149 Å². The van der Waals surface area contributed by atoms with Crippen molar-refractivity contribution in [2.45, 2.75) is 31.4 Å². The zero-order valence-corrected chi connectivity index (χ0v) is 15.0. The first-order chi connectivity index (χ1) is 11.6. The number of hydrogen-bond acceptors (Lipinski definition) is 5. The molecule has 1 aliphatic heterocycles. The first kappa shape index (κ1) is 17.0. The maximum atomic E-state index is 12.3. The zero-order valence-electron chi connectivity index (χ0n) is 13.4. The standard InChI is InChI=1S/C17H19N3O2S2/c1-11-10-18-17(24-11)20-15(21)8-9-23-14-7-6-12-4-2-3-5-13(12)19-16(14)22/h2-5,10,14H,6-9H2,1H3,(H,19,22)(H,18,20,21). The predicted octanol–water partition coefficient (Wildman–Crippen LogP) is 3.47. The van der Waals surface area contributed by atoms with Crippen molar-refractivity contribution in [2.75, 3.05) is 16.4 Å². The first-order valence-corrected chi connectivity index (χ1v) is 9.71. The van der Waals surface area contributed by atoms with Crippen LogP contribution in [0.3, 0.4) is 0 Å². The van der Waals surface area contributed by atoms with E-state index in [0.717, 1.165) is 23.4 Å². The van der Waals surface area contributed by atoms with Gasteiger partial charge in [0, 0.05) is 28.9 Å². The van der Waals surface area contributed by atoms with Gasteiger partial charge in [0.15, 0.2) is 5.13 Å². The van der Waals surface area contributed by atoms with Gasteiger partial charge in [-0.25, -0.2) is 4.98 Å². The Bertz CT molecular complexity index is 745. The summed E-state index contributed by atoms with van der Waals surface area (Å²) in [6.45, 7) is 1.95. The maximum Gasteiger partial charge on any atom is 0.237 e. The number of para-hydroxylation sites is 1. The van der Waals surface area contributed by atoms with Crippen molar-refractivity contribution in [1.82, 2.24) is 4.98 Å². The molecule has 0 saturated carbocycles. The number of thioether (sulfide) groups is 1. The van der Waals surface area contributed by atoms with Crippen LogP contribution in [0.4, 0.5) is 10.8 Å². The number of benzene rings is 1. The molecule has 2 amide bonds. The summed E-state index contributed by atoms with van der Waals surface area (Å²) >= 11 is 3.00. The van der Waals surface area contributed by atoms with E-state index in [-0.39, 0.29) is 17.1 Å². The van der Waals surface area contributed by atoms with Crippen molar-refractivity contribution >= 4 is 45.7 Å². The SMILES string of the molecule is Cc1cnc(NC(=O)CCSC2CCc3ccccc3NC2=O)s1. The van der Waals surface area contributed by atoms with Gasteiger partial charge in [-0.2, -0.15) is 0 Å². The number of aryl methyl sites for hydroxylation is 2. The third kappa shape index (κ3) is 4.36. The highest BCUT2D eigenvalue weighted by atomic mass is 32.2. The van der Waals surface area contributed by atoms with Crippen molar-refractivity contribution in [3.8, 4) is 0 Å². The molecule has 1 aromatic carbocycles. The smallest absolute Gasteiger partial charge is 0.237 e. The number of rotatable bonds is 5. The number of nitrogens with zero attached hydrogens (tertiary/aromatic N) is 1. The van der Waals surface area contributed by atoms with Crippen molar-refractivity contribution in [1.29, 1.82) is 0 Å². The number of amides is 2. The van der Waals surface area contributed by atoms with Crippen molar-refractivity contribution in [2.24, 2.45) is 0 Å². The van der Waals surface area contributed by atoms with E-state index in [0.29, 0.717) is 17.3 Å². The van der Waals surface area contributed by atoms with E-state index >= 15 is 0 Å². The molecule has 1 aliphatic rings. The van der Waals surface area contributed by atoms with Gasteiger partial charge < -0.3 is 10.6 Å². The second kappa shape index (κ2) is 7.81. The molecule has 0 radical (unpaired) electrons. The van der Waals surface area contributed by atoms with Crippen LogP contribution < -0.4 is 10.6 Å². The highest BCUT2D eigenvalue weighted by Gasteiger charge is 2.23. The lowest BCUT2D eigenvalue weighted by molar-refractivity contribution is -0.116. The van der Waals surface area contributed by atoms with Crippen LogP contribution in [-0.4, -0.2) is 27.8 Å². The lowest BCUT2D eigenvalue weighted by Gasteiger charge is -2.12. The molecule has 0 fully saturated rings. The van der Waals surface area contributed by atoms with Crippen LogP contribution in [0.25, 0.3) is 0 Å². The third-order valence-electron chi connectivity index (χ3n) is 3.76. The van der Waals surface area contributed by atoms with Gasteiger partial charge in [0.05, 0.1) is 5.25 Å². The molecule has 3 rings (SSSR count). The number of fused-ring (bicyclic) bond motifs is 1. The topological polar surface area (TPSA) is 71.1 Å². The molecule has 1 atom stereocenters. The Balaban J connectivity index is 1.47. The predicted molar refractivity (Wildman–Crippen MR) is 99.7 cm³/mol. The van der Waals surface area contributed by atoms with Gasteiger partial charge in [-0.05, 0) is 31.4 Å². The number of aromatic nitrogens is 1. The first-order valence-electron chi connectivity index (χ1n) is 7.84. The van der Waals surface area contributed by atoms with Crippen molar-refractivity contribution in [3.63, 3.8) is 0 Å². The third-order valence-corrected chi connectivity index (χ3v) is 5.88. The molecule has 126 valence electrons. The molecule has 0 spiro atoms. The van der Waals surface area contributed by atoms with Crippen LogP contribution in [0.5, 0.6) is 0 Å². The van der Waals surface area contributed by atoms with E-state index in [1.807, 2.05) is 31.2 Å². The fraction of sp³-hybridized carbons (Fsp3) is 0.353. The maximum absolute atomic E-state index is 12.3. The minimum absolute atomic E-state index is 0.0286. The average molecular weight is 361 g/mol. The molecule has 1 unspecified atom stereocenters. The lowest BCUT2D eigenvalue weighted by Crippen LogP contribution is -2.24. The molecule has 2 aromatic rings. The average Bonchev–Trinajstić information content (AvgIpc) is 2.88. The number of hydrogen-bond donors (Lipinski definition) is 2. The molecule has 2 heterocycles. The monoisotopic (exact) mass is 361 g/mol. The number of anilines is 2. The normalized spacial score (nSPS) is 16.9. The van der Waals surface area contributed by atoms with E-state index in [1.165, 1.54) is 16.9 Å². The Hall–Kier alpha value is -1.86. The Morgan fingerprint density at radius 1 is 1.46 bits per heavy atom. The summed E-state index contributed by atoms with van der Waals surface area (Å²) in [4.78, 5) is 29.4. The van der Waals surface area contributed by atoms with Crippen LogP contribution in [0.1, 0.15) is 23.3 Å². The fourth-order valence-electron chi connectivity index (χ4n) is 2.54. The molecule has 24 heavy (non-hydrogen) atoms. The Kier molecular flexibility index (Phi) is 5.52. The van der Waals surface area contributed by atoms with Crippen LogP contribution >= 0.6 is 23.1 Å². The Morgan fingerprint density at radius 3 is 3.08 bits per heavy atom. The summed E-state index contributed by atoms with van der Waals surface area (Å²) < 4.78 is 0. The Morgan fingerprint density at radius 2 is 2.29 bits per heavy atom. The molecule has 0 aliphatic carbocycles. The summed E-state index contributed by atoms with van der Waals surface area (Å²) in [7, 11) is 0. The van der Waals surface area contributed by atoms with Gasteiger partial charge in [0.1, 0.15) is 0 Å². The molecular formula is C17H19N3O2S2. The van der Waals surface area contributed by atoms with E-state index < -0.39 is 0 Å². The summed E-state index contributed by atoms with van der Waals surface area (Å²) in [5.41, 5.74) is 2.08. The zero-order chi connectivity index (χ0) is 16.9. The molecule has 1 aromatic heterocycles. The molecule has 0 bridgehead atoms. The van der Waals surface area contributed by atoms with E-state index in [9.17, 15) is 9.59 Å². The van der Waals surface area contributed by atoms with E-state index in [4.69, 9.17) is 0 Å². The van der Waals surface area contributed by atoms with Gasteiger partial charge in [0.2, 0.25) is 11.8 Å². The summed E-state index contributed by atoms with van der Waals surface area (Å²) in [5, 5.41) is 6.29. The number of nitrogens with one attached hydrogen (secondary N) is 2. The summed E-state index contributed by atoms with van der Waals surface area (Å²) in [6.07, 6.45) is 3.78. The number of carbonyl (C=O) groups is 2. The quantitative estimate of drug-likeness (QED) is 0.855. The summed E-state index contributed by atoms with van der Waals surface area (Å²) in [6, 6.07) is 7.90. The highest BCUT2D eigenvalue weighted by molar-refractivity contribution is 8.00. The molecule has 7 heteroatoms. The van der Waals surface area contributed by atoms with Gasteiger partial charge in [-0.1, -0.05) is 18.2 Å². The minimum Gasteiger partial charge on any atom is -0.325 e. The number of thiazole rings is 1. The molecule has 5 nitrogen and oxygen atoms in total. The number of carbonyl (C=O) groups excluding carboxylic acids is 2. The second-order valence-corrected chi connectivity index (χ2v) is 8.16. The van der Waals surface area contributed by atoms with Gasteiger partial charge in [-0.3, -0.25) is 9.59 Å². The second-order valence-electron chi connectivity index (χ2n) is 5.62. The van der Waals surface area contributed by atoms with E-state index in [2.05, 4.69) is 15.6 Å². The lowest BCUT2D eigenvalue weighted by atomic mass is 10.1. The van der Waals surface area contributed by atoms with Crippen molar-refractivity contribution in [3.05, 3.63) is 40.9 Å². The molecule has 2 N–H and O–H groups in total. The van der Waals surface area contributed by atoms with Crippen LogP contribution in [-0.2, 0) is 16.0 Å². The van der Waals surface area contributed by atoms with Gasteiger partial charge in [-0.15, -0.1) is 23.1 Å². The molecule has 0 saturated heterocycles. The molecular weight excluding hydrogens is 342 g/mol. The van der Waals surface area contributed by atoms with Crippen molar-refractivity contribution < 1.29 is 9.59 Å². The minimum atomic E-state index is -0.118. The van der Waals surface area contributed by atoms with Crippen LogP contribution in [0.2, 0.25) is 0 Å². The largest absolute Gasteiger partial charge is 0.325 e.